The summed E-state index contributed by atoms with van der Waals surface area (Å²) >= 11 is 0. The molecule has 0 aliphatic carbocycles. The van der Waals surface area contributed by atoms with E-state index in [-0.39, 0.29) is 5.56 Å². The van der Waals surface area contributed by atoms with E-state index in [0.717, 1.165) is 12.5 Å². The molecule has 0 amide bonds. The number of hydrogen-bond acceptors (Lipinski definition) is 2. The van der Waals surface area contributed by atoms with Gasteiger partial charge < -0.3 is 9.84 Å². The molecule has 0 fully saturated rings. The lowest BCUT2D eigenvalue weighted by molar-refractivity contribution is 0.204. The van der Waals surface area contributed by atoms with Gasteiger partial charge in [0.05, 0.1) is 6.61 Å². The van der Waals surface area contributed by atoms with Crippen molar-refractivity contribution >= 4 is 0 Å². The summed E-state index contributed by atoms with van der Waals surface area (Å²) < 4.78 is 32.5. The highest BCUT2D eigenvalue weighted by molar-refractivity contribution is 5.40. The zero-order valence-electron chi connectivity index (χ0n) is 11.1. The zero-order valence-corrected chi connectivity index (χ0v) is 11.1. The molecule has 0 aromatic heterocycles. The van der Waals surface area contributed by atoms with Gasteiger partial charge in [0.15, 0.2) is 11.6 Å². The second-order valence-corrected chi connectivity index (χ2v) is 4.43. The van der Waals surface area contributed by atoms with E-state index in [4.69, 9.17) is 4.74 Å². The molecule has 20 heavy (non-hydrogen) atoms. The molecule has 0 heterocycles. The summed E-state index contributed by atoms with van der Waals surface area (Å²) in [6.45, 7) is 2.46. The molecule has 2 rings (SSSR count). The lowest BCUT2D eigenvalue weighted by atomic mass is 10.00. The number of halogens is 2. The number of hydrogen-bond donors (Lipinski definition) is 1. The first-order valence-corrected chi connectivity index (χ1v) is 6.48. The molecule has 0 bridgehead atoms. The predicted molar refractivity (Wildman–Crippen MR) is 72.6 cm³/mol. The third-order valence-electron chi connectivity index (χ3n) is 2.95. The molecule has 0 saturated heterocycles. The minimum absolute atomic E-state index is 0.0995. The van der Waals surface area contributed by atoms with Gasteiger partial charge in [0.2, 0.25) is 0 Å². The van der Waals surface area contributed by atoms with Gasteiger partial charge in [-0.15, -0.1) is 0 Å². The quantitative estimate of drug-likeness (QED) is 0.900. The van der Waals surface area contributed by atoms with Crippen molar-refractivity contribution in [3.8, 4) is 5.75 Å². The van der Waals surface area contributed by atoms with Crippen LogP contribution in [0.25, 0.3) is 0 Å². The van der Waals surface area contributed by atoms with E-state index in [9.17, 15) is 13.9 Å². The lowest BCUT2D eigenvalue weighted by Gasteiger charge is -2.17. The predicted octanol–water partition coefficient (Wildman–Crippen LogP) is 3.84. The summed E-state index contributed by atoms with van der Waals surface area (Å²) in [6, 6.07) is 10.6. The van der Waals surface area contributed by atoms with E-state index in [1.807, 2.05) is 6.92 Å². The number of ether oxygens (including phenoxy) is 1. The first kappa shape index (κ1) is 14.5. The minimum atomic E-state index is -1.27. The van der Waals surface area contributed by atoms with Crippen molar-refractivity contribution in [1.29, 1.82) is 0 Å². The van der Waals surface area contributed by atoms with Crippen molar-refractivity contribution in [2.45, 2.75) is 19.4 Å². The molecule has 106 valence electrons. The first-order valence-electron chi connectivity index (χ1n) is 6.48. The second kappa shape index (κ2) is 6.48. The number of benzene rings is 2. The van der Waals surface area contributed by atoms with E-state index in [1.165, 1.54) is 12.1 Å². The summed E-state index contributed by atoms with van der Waals surface area (Å²) in [5.41, 5.74) is 0.322. The van der Waals surface area contributed by atoms with Crippen molar-refractivity contribution < 1.29 is 18.6 Å². The van der Waals surface area contributed by atoms with E-state index in [0.29, 0.717) is 17.9 Å². The highest BCUT2D eigenvalue weighted by Crippen LogP contribution is 2.31. The maximum absolute atomic E-state index is 13.7. The first-order chi connectivity index (χ1) is 9.65. The van der Waals surface area contributed by atoms with Crippen LogP contribution in [0.5, 0.6) is 5.75 Å². The number of para-hydroxylation sites is 1. The normalized spacial score (nSPS) is 12.2. The van der Waals surface area contributed by atoms with Gasteiger partial charge >= 0.3 is 0 Å². The third-order valence-corrected chi connectivity index (χ3v) is 2.95. The highest BCUT2D eigenvalue weighted by atomic mass is 19.2. The van der Waals surface area contributed by atoms with Crippen LogP contribution in [0.3, 0.4) is 0 Å². The number of rotatable bonds is 5. The Morgan fingerprint density at radius 2 is 1.75 bits per heavy atom. The SMILES string of the molecule is CCCOc1ccccc1C(O)c1cccc(F)c1F. The van der Waals surface area contributed by atoms with Gasteiger partial charge in [-0.2, -0.15) is 0 Å². The van der Waals surface area contributed by atoms with Crippen LogP contribution < -0.4 is 4.74 Å². The molecule has 1 unspecified atom stereocenters. The van der Waals surface area contributed by atoms with Gasteiger partial charge in [-0.05, 0) is 18.6 Å². The zero-order chi connectivity index (χ0) is 14.5. The second-order valence-electron chi connectivity index (χ2n) is 4.43. The highest BCUT2D eigenvalue weighted by Gasteiger charge is 2.20. The van der Waals surface area contributed by atoms with Gasteiger partial charge in [-0.25, -0.2) is 8.78 Å². The fraction of sp³-hybridized carbons (Fsp3) is 0.250. The maximum Gasteiger partial charge on any atom is 0.164 e. The fourth-order valence-corrected chi connectivity index (χ4v) is 1.95. The van der Waals surface area contributed by atoms with Gasteiger partial charge in [-0.1, -0.05) is 37.3 Å². The molecule has 1 N–H and O–H groups in total. The van der Waals surface area contributed by atoms with E-state index in [2.05, 4.69) is 0 Å². The topological polar surface area (TPSA) is 29.5 Å². The van der Waals surface area contributed by atoms with Gasteiger partial charge in [0, 0.05) is 11.1 Å². The molecular formula is C16H16F2O2. The van der Waals surface area contributed by atoms with E-state index >= 15 is 0 Å². The standard InChI is InChI=1S/C16H16F2O2/c1-2-10-20-14-9-4-3-6-11(14)16(19)12-7-5-8-13(17)15(12)18/h3-9,16,19H,2,10H2,1H3. The molecule has 0 spiro atoms. The molecule has 2 aromatic rings. The van der Waals surface area contributed by atoms with Crippen LogP contribution in [0.1, 0.15) is 30.6 Å². The van der Waals surface area contributed by atoms with Crippen LogP contribution in [-0.2, 0) is 0 Å². The van der Waals surface area contributed by atoms with Crippen LogP contribution in [0, 0.1) is 11.6 Å². The lowest BCUT2D eigenvalue weighted by Crippen LogP contribution is -2.07. The van der Waals surface area contributed by atoms with Crippen molar-refractivity contribution in [2.75, 3.05) is 6.61 Å². The largest absolute Gasteiger partial charge is 0.493 e. The monoisotopic (exact) mass is 278 g/mol. The Labute approximate surface area is 116 Å². The third kappa shape index (κ3) is 2.96. The van der Waals surface area contributed by atoms with Gasteiger partial charge in [-0.3, -0.25) is 0 Å². The summed E-state index contributed by atoms with van der Waals surface area (Å²) in [4.78, 5) is 0. The Bertz CT molecular complexity index is 584. The summed E-state index contributed by atoms with van der Waals surface area (Å²) in [6.07, 6.45) is -0.447. The van der Waals surface area contributed by atoms with E-state index in [1.54, 1.807) is 24.3 Å². The molecule has 0 radical (unpaired) electrons. The molecule has 0 aliphatic heterocycles. The average Bonchev–Trinajstić information content (AvgIpc) is 2.47. The Morgan fingerprint density at radius 3 is 2.50 bits per heavy atom. The molecule has 2 aromatic carbocycles. The van der Waals surface area contributed by atoms with Crippen molar-refractivity contribution in [3.63, 3.8) is 0 Å². The molecule has 0 saturated carbocycles. The Kier molecular flexibility index (Phi) is 4.69. The number of aliphatic hydroxyl groups is 1. The Balaban J connectivity index is 2.38. The molecule has 1 atom stereocenters. The molecular weight excluding hydrogens is 262 g/mol. The maximum atomic E-state index is 13.7. The molecule has 0 aliphatic rings. The van der Waals surface area contributed by atoms with E-state index < -0.39 is 17.7 Å². The summed E-state index contributed by atoms with van der Waals surface area (Å²) in [7, 11) is 0. The summed E-state index contributed by atoms with van der Waals surface area (Å²) in [5, 5.41) is 10.3. The van der Waals surface area contributed by atoms with Crippen LogP contribution in [0.2, 0.25) is 0 Å². The Hall–Kier alpha value is -1.94. The van der Waals surface area contributed by atoms with Crippen LogP contribution >= 0.6 is 0 Å². The molecule has 4 heteroatoms. The van der Waals surface area contributed by atoms with Crippen LogP contribution in [0.15, 0.2) is 42.5 Å². The minimum Gasteiger partial charge on any atom is -0.493 e. The smallest absolute Gasteiger partial charge is 0.164 e. The fourth-order valence-electron chi connectivity index (χ4n) is 1.95. The van der Waals surface area contributed by atoms with Crippen LogP contribution in [0.4, 0.5) is 8.78 Å². The average molecular weight is 278 g/mol. The van der Waals surface area contributed by atoms with Crippen molar-refractivity contribution in [2.24, 2.45) is 0 Å². The van der Waals surface area contributed by atoms with Crippen molar-refractivity contribution in [3.05, 3.63) is 65.2 Å². The molecule has 2 nitrogen and oxygen atoms in total. The van der Waals surface area contributed by atoms with Crippen molar-refractivity contribution in [1.82, 2.24) is 0 Å². The Morgan fingerprint density at radius 1 is 1.05 bits per heavy atom. The van der Waals surface area contributed by atoms with Gasteiger partial charge in [0.25, 0.3) is 0 Å². The van der Waals surface area contributed by atoms with Gasteiger partial charge in [0.1, 0.15) is 11.9 Å². The van der Waals surface area contributed by atoms with Crippen LogP contribution in [-0.4, -0.2) is 11.7 Å². The summed E-state index contributed by atoms with van der Waals surface area (Å²) in [5.74, 6) is -1.54. The number of aliphatic hydroxyl groups excluding tert-OH is 1.